The number of hydrogen-bond donors (Lipinski definition) is 1. The maximum absolute atomic E-state index is 12.3. The number of carbonyl (C=O) groups excluding carboxylic acids is 2. The van der Waals surface area contributed by atoms with Crippen LogP contribution in [0.3, 0.4) is 0 Å². The van der Waals surface area contributed by atoms with Crippen molar-refractivity contribution in [2.45, 2.75) is 0 Å². The van der Waals surface area contributed by atoms with Crippen molar-refractivity contribution in [3.05, 3.63) is 64.5 Å². The number of rotatable bonds is 6. The molecule has 1 N–H and O–H groups in total. The van der Waals surface area contributed by atoms with E-state index in [1.807, 2.05) is 30.3 Å². The first-order valence-corrected chi connectivity index (χ1v) is 8.70. The molecule has 144 valence electrons. The summed E-state index contributed by atoms with van der Waals surface area (Å²) in [5.74, 6) is -1.10. The summed E-state index contributed by atoms with van der Waals surface area (Å²) in [6, 6.07) is 10.6. The standard InChI is InChI=1S/C18H14Cl2N4O4/c1-27-14-9-24(12-5-3-2-4-6-12)23-16(14)18(26)28-10-15(25)22-17-13(20)7-11(19)8-21-17/h2-9H,10H2,1H3,(H,21,22,25). The van der Waals surface area contributed by atoms with Crippen LogP contribution in [0.25, 0.3) is 5.69 Å². The number of aromatic nitrogens is 3. The number of nitrogens with one attached hydrogen (secondary N) is 1. The summed E-state index contributed by atoms with van der Waals surface area (Å²) in [4.78, 5) is 28.2. The van der Waals surface area contributed by atoms with E-state index in [1.165, 1.54) is 24.1 Å². The number of anilines is 1. The number of carbonyl (C=O) groups is 2. The maximum Gasteiger partial charge on any atom is 0.363 e. The lowest BCUT2D eigenvalue weighted by Crippen LogP contribution is -2.22. The van der Waals surface area contributed by atoms with E-state index in [4.69, 9.17) is 32.7 Å². The van der Waals surface area contributed by atoms with Gasteiger partial charge in [-0.05, 0) is 18.2 Å². The van der Waals surface area contributed by atoms with Gasteiger partial charge in [0.2, 0.25) is 5.69 Å². The van der Waals surface area contributed by atoms with Crippen molar-refractivity contribution in [3.63, 3.8) is 0 Å². The molecule has 0 saturated carbocycles. The van der Waals surface area contributed by atoms with E-state index in [2.05, 4.69) is 15.4 Å². The number of halogens is 2. The minimum atomic E-state index is -0.808. The average Bonchev–Trinajstić information content (AvgIpc) is 3.13. The van der Waals surface area contributed by atoms with Crippen molar-refractivity contribution in [1.29, 1.82) is 0 Å². The van der Waals surface area contributed by atoms with Gasteiger partial charge in [0.05, 0.1) is 29.0 Å². The van der Waals surface area contributed by atoms with E-state index in [1.54, 1.807) is 6.20 Å². The molecule has 10 heteroatoms. The number of benzene rings is 1. The predicted octanol–water partition coefficient (Wildman–Crippen LogP) is 3.38. The molecule has 0 aliphatic carbocycles. The average molecular weight is 421 g/mol. The van der Waals surface area contributed by atoms with Crippen LogP contribution in [0.1, 0.15) is 10.5 Å². The van der Waals surface area contributed by atoms with Gasteiger partial charge >= 0.3 is 5.97 Å². The second-order valence-corrected chi connectivity index (χ2v) is 6.28. The van der Waals surface area contributed by atoms with Crippen LogP contribution < -0.4 is 10.1 Å². The van der Waals surface area contributed by atoms with Crippen LogP contribution in [0.15, 0.2) is 48.8 Å². The molecular weight excluding hydrogens is 407 g/mol. The predicted molar refractivity (Wildman–Crippen MR) is 103 cm³/mol. The highest BCUT2D eigenvalue weighted by Crippen LogP contribution is 2.23. The lowest BCUT2D eigenvalue weighted by Gasteiger charge is -2.07. The van der Waals surface area contributed by atoms with Gasteiger partial charge in [0, 0.05) is 6.20 Å². The first-order valence-electron chi connectivity index (χ1n) is 7.95. The van der Waals surface area contributed by atoms with E-state index in [-0.39, 0.29) is 22.3 Å². The molecule has 2 aromatic heterocycles. The third kappa shape index (κ3) is 4.59. The summed E-state index contributed by atoms with van der Waals surface area (Å²) < 4.78 is 11.7. The largest absolute Gasteiger partial charge is 0.493 e. The second-order valence-electron chi connectivity index (χ2n) is 5.43. The number of ether oxygens (including phenoxy) is 2. The molecule has 0 bridgehead atoms. The summed E-state index contributed by atoms with van der Waals surface area (Å²) in [6.45, 7) is -0.555. The molecule has 0 aliphatic heterocycles. The zero-order chi connectivity index (χ0) is 20.1. The van der Waals surface area contributed by atoms with Gasteiger partial charge in [-0.3, -0.25) is 4.79 Å². The first-order chi connectivity index (χ1) is 13.5. The van der Waals surface area contributed by atoms with Crippen LogP contribution >= 0.6 is 23.2 Å². The van der Waals surface area contributed by atoms with Crippen LogP contribution in [-0.4, -0.2) is 40.4 Å². The first kappa shape index (κ1) is 19.7. The summed E-state index contributed by atoms with van der Waals surface area (Å²) in [5.41, 5.74) is 0.683. The molecule has 28 heavy (non-hydrogen) atoms. The summed E-state index contributed by atoms with van der Waals surface area (Å²) in [6.07, 6.45) is 2.87. The Hall–Kier alpha value is -3.10. The van der Waals surface area contributed by atoms with Gasteiger partial charge < -0.3 is 14.8 Å². The SMILES string of the molecule is COc1cn(-c2ccccc2)nc1C(=O)OCC(=O)Nc1ncc(Cl)cc1Cl. The van der Waals surface area contributed by atoms with Crippen molar-refractivity contribution in [2.75, 3.05) is 19.0 Å². The Morgan fingerprint density at radius 2 is 1.96 bits per heavy atom. The zero-order valence-corrected chi connectivity index (χ0v) is 16.1. The zero-order valence-electron chi connectivity index (χ0n) is 14.6. The van der Waals surface area contributed by atoms with Gasteiger partial charge in [-0.25, -0.2) is 14.5 Å². The second kappa shape index (κ2) is 8.73. The van der Waals surface area contributed by atoms with Gasteiger partial charge in [-0.1, -0.05) is 41.4 Å². The van der Waals surface area contributed by atoms with E-state index in [0.29, 0.717) is 5.02 Å². The van der Waals surface area contributed by atoms with Crippen LogP contribution in [0.2, 0.25) is 10.0 Å². The highest BCUT2D eigenvalue weighted by molar-refractivity contribution is 6.36. The third-order valence-electron chi connectivity index (χ3n) is 3.51. The molecule has 0 saturated heterocycles. The molecule has 0 fully saturated rings. The summed E-state index contributed by atoms with van der Waals surface area (Å²) in [5, 5.41) is 7.10. The molecule has 2 heterocycles. The van der Waals surface area contributed by atoms with Crippen molar-refractivity contribution in [1.82, 2.24) is 14.8 Å². The highest BCUT2D eigenvalue weighted by Gasteiger charge is 2.21. The Kier molecular flexibility index (Phi) is 6.13. The molecule has 0 unspecified atom stereocenters. The number of esters is 1. The van der Waals surface area contributed by atoms with Crippen molar-refractivity contribution < 1.29 is 19.1 Å². The lowest BCUT2D eigenvalue weighted by atomic mass is 10.3. The Labute approximate surface area is 170 Å². The molecule has 0 spiro atoms. The lowest BCUT2D eigenvalue weighted by molar-refractivity contribution is -0.119. The minimum Gasteiger partial charge on any atom is -0.493 e. The molecule has 0 aliphatic rings. The molecule has 0 atom stereocenters. The monoisotopic (exact) mass is 420 g/mol. The van der Waals surface area contributed by atoms with E-state index >= 15 is 0 Å². The van der Waals surface area contributed by atoms with Gasteiger partial charge in [0.15, 0.2) is 18.2 Å². The number of pyridine rings is 1. The normalized spacial score (nSPS) is 10.4. The number of amides is 1. The fourth-order valence-corrected chi connectivity index (χ4v) is 2.66. The topological polar surface area (TPSA) is 95.3 Å². The fourth-order valence-electron chi connectivity index (χ4n) is 2.24. The van der Waals surface area contributed by atoms with Gasteiger partial charge in [0.25, 0.3) is 5.91 Å². The Morgan fingerprint density at radius 3 is 2.64 bits per heavy atom. The Bertz CT molecular complexity index is 1010. The van der Waals surface area contributed by atoms with Crippen LogP contribution in [0, 0.1) is 0 Å². The smallest absolute Gasteiger partial charge is 0.363 e. The van der Waals surface area contributed by atoms with Crippen LogP contribution in [0.5, 0.6) is 5.75 Å². The van der Waals surface area contributed by atoms with E-state index < -0.39 is 18.5 Å². The fraction of sp³-hybridized carbons (Fsp3) is 0.111. The molecule has 1 amide bonds. The van der Waals surface area contributed by atoms with Crippen LogP contribution in [0.4, 0.5) is 5.82 Å². The number of hydrogen-bond acceptors (Lipinski definition) is 6. The third-order valence-corrected chi connectivity index (χ3v) is 4.01. The van der Waals surface area contributed by atoms with E-state index in [9.17, 15) is 9.59 Å². The number of methoxy groups -OCH3 is 1. The molecule has 3 rings (SSSR count). The Balaban J connectivity index is 1.66. The quantitative estimate of drug-likeness (QED) is 0.614. The molecule has 0 radical (unpaired) electrons. The van der Waals surface area contributed by atoms with Gasteiger partial charge in [-0.15, -0.1) is 0 Å². The van der Waals surface area contributed by atoms with Crippen LogP contribution in [-0.2, 0) is 9.53 Å². The van der Waals surface area contributed by atoms with Gasteiger partial charge in [-0.2, -0.15) is 5.10 Å². The molecule has 1 aromatic carbocycles. The van der Waals surface area contributed by atoms with Crippen molar-refractivity contribution >= 4 is 40.9 Å². The summed E-state index contributed by atoms with van der Waals surface area (Å²) >= 11 is 11.7. The summed E-state index contributed by atoms with van der Waals surface area (Å²) in [7, 11) is 1.41. The molecule has 8 nitrogen and oxygen atoms in total. The van der Waals surface area contributed by atoms with Crippen molar-refractivity contribution in [2.24, 2.45) is 0 Å². The molecular formula is C18H14Cl2N4O4. The number of para-hydroxylation sites is 1. The molecule has 3 aromatic rings. The minimum absolute atomic E-state index is 0.0539. The highest BCUT2D eigenvalue weighted by atomic mass is 35.5. The van der Waals surface area contributed by atoms with Gasteiger partial charge in [0.1, 0.15) is 0 Å². The maximum atomic E-state index is 12.3. The van der Waals surface area contributed by atoms with Crippen molar-refractivity contribution in [3.8, 4) is 11.4 Å². The van der Waals surface area contributed by atoms with E-state index in [0.717, 1.165) is 5.69 Å². The Morgan fingerprint density at radius 1 is 1.21 bits per heavy atom. The number of nitrogens with zero attached hydrogens (tertiary/aromatic N) is 3.